The molecule has 0 unspecified atom stereocenters. The van der Waals surface area contributed by atoms with E-state index < -0.39 is 11.4 Å². The van der Waals surface area contributed by atoms with Crippen molar-refractivity contribution >= 4 is 22.7 Å². The predicted octanol–water partition coefficient (Wildman–Crippen LogP) is 3.22. The van der Waals surface area contributed by atoms with Crippen LogP contribution in [-0.4, -0.2) is 12.1 Å². The first-order valence-electron chi connectivity index (χ1n) is 5.75. The van der Waals surface area contributed by atoms with Crippen LogP contribution in [0.5, 0.6) is 5.75 Å². The van der Waals surface area contributed by atoms with Crippen molar-refractivity contribution in [3.63, 3.8) is 0 Å². The zero-order chi connectivity index (χ0) is 14.0. The zero-order valence-electron chi connectivity index (χ0n) is 11.0. The van der Waals surface area contributed by atoms with Crippen molar-refractivity contribution in [2.24, 2.45) is 0 Å². The molecule has 0 amide bonds. The van der Waals surface area contributed by atoms with Gasteiger partial charge in [0.25, 0.3) is 0 Å². The number of aromatic nitrogens is 1. The quantitative estimate of drug-likeness (QED) is 0.845. The molecule has 2 aromatic rings. The smallest absolute Gasteiger partial charge is 0.148 e. The Kier molecular flexibility index (Phi) is 3.61. The van der Waals surface area contributed by atoms with Crippen molar-refractivity contribution in [1.29, 1.82) is 0 Å². The van der Waals surface area contributed by atoms with Crippen LogP contribution in [0.2, 0.25) is 0 Å². The summed E-state index contributed by atoms with van der Waals surface area (Å²) in [4.78, 5) is 4.25. The first-order chi connectivity index (χ1) is 8.94. The number of anilines is 2. The normalized spacial score (nSPS) is 11.4. The van der Waals surface area contributed by atoms with E-state index in [0.717, 1.165) is 5.01 Å². The number of ether oxygens (including phenoxy) is 1. The van der Waals surface area contributed by atoms with Gasteiger partial charge in [-0.2, -0.15) is 0 Å². The van der Waals surface area contributed by atoms with E-state index in [1.165, 1.54) is 24.5 Å². The zero-order valence-corrected chi connectivity index (χ0v) is 11.8. The fraction of sp³-hybridized carbons (Fsp3) is 0.308. The lowest BCUT2D eigenvalue weighted by Crippen LogP contribution is -2.28. The third-order valence-electron chi connectivity index (χ3n) is 2.73. The minimum atomic E-state index is -0.476. The molecule has 0 saturated heterocycles. The van der Waals surface area contributed by atoms with Crippen LogP contribution in [0.15, 0.2) is 23.7 Å². The monoisotopic (exact) mass is 281 g/mol. The van der Waals surface area contributed by atoms with E-state index in [9.17, 15) is 4.39 Å². The van der Waals surface area contributed by atoms with Crippen molar-refractivity contribution in [1.82, 2.24) is 4.98 Å². The lowest BCUT2D eigenvalue weighted by molar-refractivity contribution is 0.416. The molecule has 19 heavy (non-hydrogen) atoms. The molecule has 1 aromatic heterocycles. The van der Waals surface area contributed by atoms with Crippen LogP contribution < -0.4 is 15.8 Å². The summed E-state index contributed by atoms with van der Waals surface area (Å²) < 4.78 is 19.0. The molecule has 6 heteroatoms. The number of hydrogen-bond acceptors (Lipinski definition) is 5. The molecule has 102 valence electrons. The van der Waals surface area contributed by atoms with E-state index in [1.807, 2.05) is 19.2 Å². The number of nitrogens with two attached hydrogens (primary N) is 1. The number of benzene rings is 1. The molecule has 0 aliphatic heterocycles. The number of nitrogens with one attached hydrogen (secondary N) is 1. The highest BCUT2D eigenvalue weighted by Gasteiger charge is 2.24. The molecular formula is C13H16FN3OS. The average Bonchev–Trinajstić information content (AvgIpc) is 2.87. The third-order valence-corrected chi connectivity index (χ3v) is 3.83. The lowest BCUT2D eigenvalue weighted by Gasteiger charge is -2.26. The van der Waals surface area contributed by atoms with Crippen LogP contribution in [0.4, 0.5) is 15.8 Å². The summed E-state index contributed by atoms with van der Waals surface area (Å²) in [6, 6.07) is 2.80. The van der Waals surface area contributed by atoms with Crippen LogP contribution in [0, 0.1) is 5.82 Å². The Morgan fingerprint density at radius 2 is 2.16 bits per heavy atom. The molecule has 0 aliphatic rings. The molecule has 0 aliphatic carbocycles. The van der Waals surface area contributed by atoms with Gasteiger partial charge in [-0.1, -0.05) is 0 Å². The number of rotatable bonds is 4. The topological polar surface area (TPSA) is 60.2 Å². The first-order valence-corrected chi connectivity index (χ1v) is 6.63. The Balaban J connectivity index is 2.33. The van der Waals surface area contributed by atoms with Crippen LogP contribution in [-0.2, 0) is 5.54 Å². The SMILES string of the molecule is COc1cc(NC(C)(C)c2nccs2)c(F)cc1N. The highest BCUT2D eigenvalue weighted by molar-refractivity contribution is 7.09. The minimum absolute atomic E-state index is 0.276. The highest BCUT2D eigenvalue weighted by Crippen LogP contribution is 2.33. The van der Waals surface area contributed by atoms with Crippen LogP contribution in [0.1, 0.15) is 18.9 Å². The number of methoxy groups -OCH3 is 1. The van der Waals surface area contributed by atoms with E-state index in [0.29, 0.717) is 11.4 Å². The average molecular weight is 281 g/mol. The largest absolute Gasteiger partial charge is 0.495 e. The Labute approximate surface area is 115 Å². The highest BCUT2D eigenvalue weighted by atomic mass is 32.1. The molecule has 0 bridgehead atoms. The maximum absolute atomic E-state index is 13.9. The van der Waals surface area contributed by atoms with Crippen molar-refractivity contribution in [3.8, 4) is 5.75 Å². The number of nitrogen functional groups attached to an aromatic ring is 1. The number of thiazole rings is 1. The Morgan fingerprint density at radius 3 is 2.74 bits per heavy atom. The van der Waals surface area contributed by atoms with Crippen molar-refractivity contribution < 1.29 is 9.13 Å². The summed E-state index contributed by atoms with van der Waals surface area (Å²) in [5.74, 6) is 0.0294. The molecular weight excluding hydrogens is 265 g/mol. The van der Waals surface area contributed by atoms with Gasteiger partial charge in [-0.15, -0.1) is 11.3 Å². The second kappa shape index (κ2) is 5.05. The summed E-state index contributed by atoms with van der Waals surface area (Å²) in [5.41, 5.74) is 5.79. The number of hydrogen-bond donors (Lipinski definition) is 2. The van der Waals surface area contributed by atoms with Gasteiger partial charge in [-0.05, 0) is 13.8 Å². The van der Waals surface area contributed by atoms with Gasteiger partial charge in [0.2, 0.25) is 0 Å². The lowest BCUT2D eigenvalue weighted by atomic mass is 10.1. The molecule has 0 spiro atoms. The van der Waals surface area contributed by atoms with E-state index in [1.54, 1.807) is 12.3 Å². The van der Waals surface area contributed by atoms with Crippen LogP contribution >= 0.6 is 11.3 Å². The molecule has 1 aromatic carbocycles. The molecule has 0 radical (unpaired) electrons. The van der Waals surface area contributed by atoms with Crippen molar-refractivity contribution in [2.45, 2.75) is 19.4 Å². The summed E-state index contributed by atoms with van der Waals surface area (Å²) in [6.45, 7) is 3.88. The second-order valence-corrected chi connectivity index (χ2v) is 5.56. The summed E-state index contributed by atoms with van der Waals surface area (Å²) in [7, 11) is 1.50. The predicted molar refractivity (Wildman–Crippen MR) is 76.1 cm³/mol. The molecule has 4 nitrogen and oxygen atoms in total. The molecule has 2 rings (SSSR count). The van der Waals surface area contributed by atoms with Crippen molar-refractivity contribution in [3.05, 3.63) is 34.5 Å². The number of nitrogens with zero attached hydrogens (tertiary/aromatic N) is 1. The minimum Gasteiger partial charge on any atom is -0.495 e. The summed E-state index contributed by atoms with van der Waals surface area (Å²) >= 11 is 1.52. The van der Waals surface area contributed by atoms with Gasteiger partial charge in [0.1, 0.15) is 16.6 Å². The Morgan fingerprint density at radius 1 is 1.42 bits per heavy atom. The van der Waals surface area contributed by atoms with E-state index in [-0.39, 0.29) is 5.69 Å². The van der Waals surface area contributed by atoms with Gasteiger partial charge in [-0.3, -0.25) is 0 Å². The summed E-state index contributed by atoms with van der Waals surface area (Å²) in [5, 5.41) is 5.89. The van der Waals surface area contributed by atoms with E-state index in [4.69, 9.17) is 10.5 Å². The maximum Gasteiger partial charge on any atom is 0.148 e. The maximum atomic E-state index is 13.9. The van der Waals surface area contributed by atoms with Gasteiger partial charge < -0.3 is 15.8 Å². The second-order valence-electron chi connectivity index (χ2n) is 4.66. The van der Waals surface area contributed by atoms with Crippen LogP contribution in [0.25, 0.3) is 0 Å². The van der Waals surface area contributed by atoms with Gasteiger partial charge in [0, 0.05) is 23.7 Å². The standard InChI is InChI=1S/C13H16FN3OS/c1-13(2,12-16-4-5-19-12)17-10-7-11(18-3)9(15)6-8(10)14/h4-7,17H,15H2,1-3H3. The van der Waals surface area contributed by atoms with E-state index in [2.05, 4.69) is 10.3 Å². The van der Waals surface area contributed by atoms with Gasteiger partial charge >= 0.3 is 0 Å². The van der Waals surface area contributed by atoms with E-state index >= 15 is 0 Å². The van der Waals surface area contributed by atoms with Crippen molar-refractivity contribution in [2.75, 3.05) is 18.2 Å². The van der Waals surface area contributed by atoms with Gasteiger partial charge in [0.15, 0.2) is 0 Å². The fourth-order valence-corrected chi connectivity index (χ4v) is 2.48. The fourth-order valence-electron chi connectivity index (χ4n) is 1.76. The van der Waals surface area contributed by atoms with Gasteiger partial charge in [0.05, 0.1) is 24.0 Å². The number of halogens is 1. The molecule has 1 heterocycles. The third kappa shape index (κ3) is 2.78. The van der Waals surface area contributed by atoms with Crippen LogP contribution in [0.3, 0.4) is 0 Å². The molecule has 0 atom stereocenters. The van der Waals surface area contributed by atoms with Gasteiger partial charge in [-0.25, -0.2) is 9.37 Å². The summed E-state index contributed by atoms with van der Waals surface area (Å²) in [6.07, 6.45) is 1.73. The molecule has 0 fully saturated rings. The first kappa shape index (κ1) is 13.6. The Hall–Kier alpha value is -1.82. The Bertz CT molecular complexity index is 570. The molecule has 3 N–H and O–H groups in total. The molecule has 0 saturated carbocycles.